The van der Waals surface area contributed by atoms with Crippen molar-refractivity contribution in [2.45, 2.75) is 46.3 Å². The predicted octanol–water partition coefficient (Wildman–Crippen LogP) is 1.41. The Kier molecular flexibility index (Phi) is 5.17. The standard InChI is InChI=1S/C15H25NO2/c1-11-6-7-14(8-12(11)2)18-10-13(17)9-16-15(3,4)5/h6-8,13,16-17H,9-10H2,1-5H3/p+1/t13-/m1/s1. The van der Waals surface area contributed by atoms with E-state index in [1.807, 2.05) is 18.2 Å². The molecule has 0 heterocycles. The molecule has 0 bridgehead atoms. The molecule has 0 unspecified atom stereocenters. The molecule has 0 aromatic heterocycles. The lowest BCUT2D eigenvalue weighted by Crippen LogP contribution is -2.96. The van der Waals surface area contributed by atoms with Crippen LogP contribution in [0, 0.1) is 13.8 Å². The van der Waals surface area contributed by atoms with Gasteiger partial charge in [0.05, 0.1) is 5.54 Å². The second kappa shape index (κ2) is 6.21. The van der Waals surface area contributed by atoms with Gasteiger partial charge in [-0.15, -0.1) is 0 Å². The summed E-state index contributed by atoms with van der Waals surface area (Å²) in [5, 5.41) is 12.0. The fourth-order valence-electron chi connectivity index (χ4n) is 1.55. The first-order valence-electron chi connectivity index (χ1n) is 6.50. The van der Waals surface area contributed by atoms with E-state index in [9.17, 15) is 5.11 Å². The van der Waals surface area contributed by atoms with Crippen molar-refractivity contribution >= 4 is 0 Å². The van der Waals surface area contributed by atoms with Crippen LogP contribution in [0.2, 0.25) is 0 Å². The number of benzene rings is 1. The summed E-state index contributed by atoms with van der Waals surface area (Å²) in [4.78, 5) is 0. The van der Waals surface area contributed by atoms with Crippen molar-refractivity contribution in [1.82, 2.24) is 0 Å². The van der Waals surface area contributed by atoms with Crippen LogP contribution in [0.15, 0.2) is 18.2 Å². The van der Waals surface area contributed by atoms with E-state index in [2.05, 4.69) is 39.9 Å². The van der Waals surface area contributed by atoms with Crippen molar-refractivity contribution in [3.63, 3.8) is 0 Å². The Bertz CT molecular complexity index is 383. The molecule has 3 nitrogen and oxygen atoms in total. The quantitative estimate of drug-likeness (QED) is 0.832. The molecule has 3 N–H and O–H groups in total. The lowest BCUT2D eigenvalue weighted by atomic mass is 10.1. The number of aliphatic hydroxyl groups is 1. The molecule has 18 heavy (non-hydrogen) atoms. The number of aliphatic hydroxyl groups excluding tert-OH is 1. The van der Waals surface area contributed by atoms with Gasteiger partial charge >= 0.3 is 0 Å². The van der Waals surface area contributed by atoms with Gasteiger partial charge in [-0.05, 0) is 57.9 Å². The van der Waals surface area contributed by atoms with Gasteiger partial charge in [0.1, 0.15) is 25.0 Å². The zero-order valence-corrected chi connectivity index (χ0v) is 12.2. The smallest absolute Gasteiger partial charge is 0.137 e. The summed E-state index contributed by atoms with van der Waals surface area (Å²) in [5.41, 5.74) is 2.61. The van der Waals surface area contributed by atoms with Gasteiger partial charge in [0.2, 0.25) is 0 Å². The fraction of sp³-hybridized carbons (Fsp3) is 0.600. The average Bonchev–Trinajstić information content (AvgIpc) is 2.27. The van der Waals surface area contributed by atoms with Crippen molar-refractivity contribution in [2.24, 2.45) is 0 Å². The molecule has 0 aliphatic rings. The van der Waals surface area contributed by atoms with E-state index >= 15 is 0 Å². The number of quaternary nitrogens is 1. The Hall–Kier alpha value is -1.06. The third kappa shape index (κ3) is 5.52. The summed E-state index contributed by atoms with van der Waals surface area (Å²) < 4.78 is 5.60. The van der Waals surface area contributed by atoms with Gasteiger partial charge in [0.25, 0.3) is 0 Å². The first-order valence-corrected chi connectivity index (χ1v) is 6.50. The van der Waals surface area contributed by atoms with Crippen LogP contribution in [0.25, 0.3) is 0 Å². The molecule has 1 aromatic rings. The van der Waals surface area contributed by atoms with Gasteiger partial charge < -0.3 is 15.2 Å². The Morgan fingerprint density at radius 2 is 1.89 bits per heavy atom. The van der Waals surface area contributed by atoms with Crippen LogP contribution in [0.1, 0.15) is 31.9 Å². The molecule has 0 aliphatic carbocycles. The summed E-state index contributed by atoms with van der Waals surface area (Å²) in [6, 6.07) is 6.00. The van der Waals surface area contributed by atoms with Gasteiger partial charge in [-0.25, -0.2) is 0 Å². The minimum atomic E-state index is -0.439. The van der Waals surface area contributed by atoms with Crippen LogP contribution in [0.5, 0.6) is 5.75 Å². The SMILES string of the molecule is Cc1ccc(OC[C@H](O)C[NH2+]C(C)(C)C)cc1C. The largest absolute Gasteiger partial charge is 0.491 e. The maximum atomic E-state index is 9.84. The average molecular weight is 252 g/mol. The normalized spacial score (nSPS) is 13.4. The Labute approximate surface area is 110 Å². The zero-order valence-electron chi connectivity index (χ0n) is 12.2. The van der Waals surface area contributed by atoms with E-state index in [4.69, 9.17) is 4.74 Å². The van der Waals surface area contributed by atoms with Gasteiger partial charge in [0.15, 0.2) is 0 Å². The van der Waals surface area contributed by atoms with Crippen LogP contribution < -0.4 is 10.1 Å². The minimum Gasteiger partial charge on any atom is -0.491 e. The molecule has 1 atom stereocenters. The summed E-state index contributed by atoms with van der Waals surface area (Å²) in [6.07, 6.45) is -0.439. The van der Waals surface area contributed by atoms with Gasteiger partial charge in [-0.3, -0.25) is 0 Å². The molecule has 0 aliphatic heterocycles. The number of hydrogen-bond acceptors (Lipinski definition) is 2. The Balaban J connectivity index is 2.38. The topological polar surface area (TPSA) is 46.1 Å². The summed E-state index contributed by atoms with van der Waals surface area (Å²) in [5.74, 6) is 0.827. The van der Waals surface area contributed by atoms with E-state index in [1.165, 1.54) is 11.1 Å². The number of hydrogen-bond donors (Lipinski definition) is 2. The number of aryl methyl sites for hydroxylation is 2. The Morgan fingerprint density at radius 3 is 2.44 bits per heavy atom. The first-order chi connectivity index (χ1) is 8.28. The highest BCUT2D eigenvalue weighted by Crippen LogP contribution is 2.16. The minimum absolute atomic E-state index is 0.140. The molecule has 0 radical (unpaired) electrons. The molecule has 0 saturated heterocycles. The lowest BCUT2D eigenvalue weighted by Gasteiger charge is -2.19. The van der Waals surface area contributed by atoms with E-state index in [0.29, 0.717) is 13.2 Å². The van der Waals surface area contributed by atoms with E-state index < -0.39 is 6.10 Å². The molecule has 102 valence electrons. The van der Waals surface area contributed by atoms with Crippen molar-refractivity contribution in [3.05, 3.63) is 29.3 Å². The number of rotatable bonds is 5. The maximum Gasteiger partial charge on any atom is 0.137 e. The Morgan fingerprint density at radius 1 is 1.22 bits per heavy atom. The van der Waals surface area contributed by atoms with Gasteiger partial charge in [-0.1, -0.05) is 6.07 Å². The molecule has 0 amide bonds. The zero-order chi connectivity index (χ0) is 13.8. The molecule has 3 heteroatoms. The molecule has 1 rings (SSSR count). The van der Waals surface area contributed by atoms with E-state index in [-0.39, 0.29) is 5.54 Å². The highest BCUT2D eigenvalue weighted by molar-refractivity contribution is 5.33. The third-order valence-electron chi connectivity index (χ3n) is 2.92. The van der Waals surface area contributed by atoms with Crippen molar-refractivity contribution in [2.75, 3.05) is 13.2 Å². The second-order valence-corrected chi connectivity index (χ2v) is 6.02. The first kappa shape index (κ1) is 15.0. The monoisotopic (exact) mass is 252 g/mol. The van der Waals surface area contributed by atoms with E-state index in [1.54, 1.807) is 0 Å². The molecule has 0 fully saturated rings. The summed E-state index contributed by atoms with van der Waals surface area (Å²) in [6.45, 7) is 11.5. The summed E-state index contributed by atoms with van der Waals surface area (Å²) >= 11 is 0. The number of ether oxygens (including phenoxy) is 1. The van der Waals surface area contributed by atoms with Crippen molar-refractivity contribution in [3.8, 4) is 5.75 Å². The number of nitrogens with two attached hydrogens (primary N) is 1. The third-order valence-corrected chi connectivity index (χ3v) is 2.92. The van der Waals surface area contributed by atoms with Crippen LogP contribution in [0.3, 0.4) is 0 Å². The highest BCUT2D eigenvalue weighted by atomic mass is 16.5. The van der Waals surface area contributed by atoms with Crippen molar-refractivity contribution in [1.29, 1.82) is 0 Å². The van der Waals surface area contributed by atoms with Gasteiger partial charge in [-0.2, -0.15) is 0 Å². The second-order valence-electron chi connectivity index (χ2n) is 6.02. The van der Waals surface area contributed by atoms with Crippen molar-refractivity contribution < 1.29 is 15.2 Å². The van der Waals surface area contributed by atoms with Crippen LogP contribution >= 0.6 is 0 Å². The molecule has 0 saturated carbocycles. The van der Waals surface area contributed by atoms with Gasteiger partial charge in [0, 0.05) is 0 Å². The fourth-order valence-corrected chi connectivity index (χ4v) is 1.55. The molecule has 1 aromatic carbocycles. The van der Waals surface area contributed by atoms with Crippen LogP contribution in [-0.4, -0.2) is 29.9 Å². The van der Waals surface area contributed by atoms with E-state index in [0.717, 1.165) is 5.75 Å². The summed E-state index contributed by atoms with van der Waals surface area (Å²) in [7, 11) is 0. The van der Waals surface area contributed by atoms with Crippen LogP contribution in [0.4, 0.5) is 0 Å². The molecular formula is C15H26NO2+. The highest BCUT2D eigenvalue weighted by Gasteiger charge is 2.16. The lowest BCUT2D eigenvalue weighted by molar-refractivity contribution is -0.722. The molecule has 0 spiro atoms. The predicted molar refractivity (Wildman–Crippen MR) is 74.0 cm³/mol. The molecular weight excluding hydrogens is 226 g/mol. The maximum absolute atomic E-state index is 9.84. The van der Waals surface area contributed by atoms with Crippen LogP contribution in [-0.2, 0) is 0 Å².